The van der Waals surface area contributed by atoms with E-state index in [0.29, 0.717) is 28.2 Å². The quantitative estimate of drug-likeness (QED) is 0.384. The molecule has 10 heteroatoms. The highest BCUT2D eigenvalue weighted by Gasteiger charge is 2.26. The van der Waals surface area contributed by atoms with Crippen LogP contribution in [0.5, 0.6) is 5.75 Å². The van der Waals surface area contributed by atoms with E-state index in [1.807, 2.05) is 6.07 Å². The van der Waals surface area contributed by atoms with Crippen LogP contribution in [0.1, 0.15) is 18.4 Å². The van der Waals surface area contributed by atoms with Gasteiger partial charge in [-0.2, -0.15) is 10.4 Å². The average molecular weight is 433 g/mol. The van der Waals surface area contributed by atoms with Crippen molar-refractivity contribution in [2.45, 2.75) is 18.9 Å². The maximum absolute atomic E-state index is 14.7. The summed E-state index contributed by atoms with van der Waals surface area (Å²) in [5, 5.41) is 26.8. The maximum Gasteiger partial charge on any atom is 0.196 e. The zero-order valence-electron chi connectivity index (χ0n) is 17.0. The van der Waals surface area contributed by atoms with Crippen LogP contribution in [0.25, 0.3) is 33.6 Å². The van der Waals surface area contributed by atoms with Crippen molar-refractivity contribution in [3.8, 4) is 34.4 Å². The third-order valence-corrected chi connectivity index (χ3v) is 5.74. The molecule has 1 aromatic carbocycles. The van der Waals surface area contributed by atoms with Gasteiger partial charge in [0, 0.05) is 36.8 Å². The Balaban J connectivity index is 1.71. The van der Waals surface area contributed by atoms with Crippen LogP contribution in [0.4, 0.5) is 16.1 Å². The summed E-state index contributed by atoms with van der Waals surface area (Å²) in [6.07, 6.45) is 1.72. The molecule has 0 unspecified atom stereocenters. The number of aromatic hydroxyl groups is 1. The number of nitrogens with two attached hydrogens (primary N) is 2. The molecule has 0 amide bonds. The van der Waals surface area contributed by atoms with Gasteiger partial charge in [0.2, 0.25) is 0 Å². The minimum atomic E-state index is -0.712. The highest BCUT2D eigenvalue weighted by molar-refractivity contribution is 6.03. The van der Waals surface area contributed by atoms with Gasteiger partial charge in [-0.25, -0.2) is 9.37 Å². The normalized spacial score (nSPS) is 14.7. The number of phenols is 1. The number of piperidine rings is 1. The lowest BCUT2D eigenvalue weighted by Crippen LogP contribution is -2.39. The molecular formula is C22H20FN7O2. The zero-order chi connectivity index (χ0) is 22.4. The third-order valence-electron chi connectivity index (χ3n) is 5.74. The number of anilines is 2. The van der Waals surface area contributed by atoms with Crippen molar-refractivity contribution in [2.75, 3.05) is 23.7 Å². The molecule has 3 aromatic heterocycles. The van der Waals surface area contributed by atoms with Gasteiger partial charge in [-0.3, -0.25) is 5.10 Å². The number of hydrogen-bond donors (Lipinski definition) is 4. The number of furan rings is 1. The first-order chi connectivity index (χ1) is 15.5. The highest BCUT2D eigenvalue weighted by Crippen LogP contribution is 2.41. The fraction of sp³-hybridized carbons (Fsp3) is 0.227. The van der Waals surface area contributed by atoms with Gasteiger partial charge in [-0.15, -0.1) is 0 Å². The van der Waals surface area contributed by atoms with E-state index in [-0.39, 0.29) is 34.4 Å². The average Bonchev–Trinajstić information content (AvgIpc) is 3.40. The van der Waals surface area contributed by atoms with Gasteiger partial charge in [-0.1, -0.05) is 0 Å². The summed E-state index contributed by atoms with van der Waals surface area (Å²) in [4.78, 5) is 6.50. The second kappa shape index (κ2) is 7.55. The molecule has 1 aliphatic heterocycles. The van der Waals surface area contributed by atoms with Gasteiger partial charge in [0.1, 0.15) is 23.4 Å². The van der Waals surface area contributed by atoms with Crippen LogP contribution in [0.15, 0.2) is 34.7 Å². The van der Waals surface area contributed by atoms with E-state index < -0.39 is 5.82 Å². The fourth-order valence-corrected chi connectivity index (χ4v) is 4.08. The van der Waals surface area contributed by atoms with E-state index in [9.17, 15) is 14.8 Å². The van der Waals surface area contributed by atoms with Crippen LogP contribution < -0.4 is 16.4 Å². The summed E-state index contributed by atoms with van der Waals surface area (Å²) < 4.78 is 20.8. The van der Waals surface area contributed by atoms with E-state index in [0.717, 1.165) is 32.0 Å². The number of rotatable bonds is 3. The number of fused-ring (bicyclic) bond motifs is 1. The van der Waals surface area contributed by atoms with E-state index in [4.69, 9.17) is 15.9 Å². The molecule has 0 spiro atoms. The molecular weight excluding hydrogens is 413 g/mol. The van der Waals surface area contributed by atoms with Gasteiger partial charge < -0.3 is 25.9 Å². The SMILES string of the molecule is N#Cc1c(-c2ccc(O)cc2F)nc2[nH]nc(N)c2c1-c1ccc(N2CCC(N)CC2)o1. The number of aromatic nitrogens is 3. The number of nitrogens with one attached hydrogen (secondary N) is 1. The van der Waals surface area contributed by atoms with E-state index in [1.54, 1.807) is 6.07 Å². The molecule has 0 saturated carbocycles. The predicted molar refractivity (Wildman–Crippen MR) is 117 cm³/mol. The summed E-state index contributed by atoms with van der Waals surface area (Å²) in [5.74, 6) is 0.261. The molecule has 0 atom stereocenters. The molecule has 1 saturated heterocycles. The number of hydrogen-bond acceptors (Lipinski definition) is 8. The predicted octanol–water partition coefficient (Wildman–Crippen LogP) is 3.11. The molecule has 4 aromatic rings. The van der Waals surface area contributed by atoms with Crippen LogP contribution in [0.3, 0.4) is 0 Å². The smallest absolute Gasteiger partial charge is 0.196 e. The van der Waals surface area contributed by atoms with Crippen molar-refractivity contribution in [1.29, 1.82) is 5.26 Å². The number of H-pyrrole nitrogens is 1. The molecule has 1 fully saturated rings. The fourth-order valence-electron chi connectivity index (χ4n) is 4.08. The minimum absolute atomic E-state index is 0.0625. The lowest BCUT2D eigenvalue weighted by atomic mass is 9.97. The summed E-state index contributed by atoms with van der Waals surface area (Å²) in [5.41, 5.74) is 13.0. The van der Waals surface area contributed by atoms with Gasteiger partial charge in [0.05, 0.1) is 22.2 Å². The van der Waals surface area contributed by atoms with E-state index >= 15 is 0 Å². The van der Waals surface area contributed by atoms with Crippen LogP contribution in [-0.2, 0) is 0 Å². The Morgan fingerprint density at radius 2 is 2.03 bits per heavy atom. The number of benzene rings is 1. The number of nitriles is 1. The van der Waals surface area contributed by atoms with Gasteiger partial charge in [0.15, 0.2) is 17.3 Å². The van der Waals surface area contributed by atoms with Gasteiger partial charge >= 0.3 is 0 Å². The number of halogens is 1. The van der Waals surface area contributed by atoms with Crippen LogP contribution >= 0.6 is 0 Å². The van der Waals surface area contributed by atoms with Gasteiger partial charge in [-0.05, 0) is 31.0 Å². The van der Waals surface area contributed by atoms with Gasteiger partial charge in [0.25, 0.3) is 0 Å². The summed E-state index contributed by atoms with van der Waals surface area (Å²) >= 11 is 0. The van der Waals surface area contributed by atoms with Crippen LogP contribution in [0.2, 0.25) is 0 Å². The lowest BCUT2D eigenvalue weighted by molar-refractivity contribution is 0.466. The molecule has 0 bridgehead atoms. The topological polar surface area (TPSA) is 154 Å². The molecule has 162 valence electrons. The molecule has 9 nitrogen and oxygen atoms in total. The third kappa shape index (κ3) is 3.19. The highest BCUT2D eigenvalue weighted by atomic mass is 19.1. The summed E-state index contributed by atoms with van der Waals surface area (Å²) in [6.45, 7) is 1.53. The second-order valence-electron chi connectivity index (χ2n) is 7.78. The molecule has 5 rings (SSSR count). The monoisotopic (exact) mass is 433 g/mol. The van der Waals surface area contributed by atoms with Crippen molar-refractivity contribution in [3.63, 3.8) is 0 Å². The molecule has 32 heavy (non-hydrogen) atoms. The van der Waals surface area contributed by atoms with Crippen molar-refractivity contribution in [1.82, 2.24) is 15.2 Å². The molecule has 0 radical (unpaired) electrons. The number of phenolic OH excluding ortho intramolecular Hbond substituents is 1. The number of aromatic amines is 1. The first-order valence-corrected chi connectivity index (χ1v) is 10.1. The first-order valence-electron chi connectivity index (χ1n) is 10.1. The lowest BCUT2D eigenvalue weighted by Gasteiger charge is -2.29. The Morgan fingerprint density at radius 1 is 1.25 bits per heavy atom. The van der Waals surface area contributed by atoms with E-state index in [2.05, 4.69) is 26.2 Å². The summed E-state index contributed by atoms with van der Waals surface area (Å²) in [7, 11) is 0. The molecule has 6 N–H and O–H groups in total. The Kier molecular flexibility index (Phi) is 4.68. The van der Waals surface area contributed by atoms with Crippen molar-refractivity contribution < 1.29 is 13.9 Å². The van der Waals surface area contributed by atoms with Crippen molar-refractivity contribution in [3.05, 3.63) is 41.7 Å². The Bertz CT molecular complexity index is 1360. The number of nitrogen functional groups attached to an aromatic ring is 1. The Morgan fingerprint density at radius 3 is 2.75 bits per heavy atom. The molecule has 4 heterocycles. The Hall–Kier alpha value is -4.10. The minimum Gasteiger partial charge on any atom is -0.508 e. The van der Waals surface area contributed by atoms with E-state index in [1.165, 1.54) is 12.1 Å². The number of pyridine rings is 1. The second-order valence-corrected chi connectivity index (χ2v) is 7.78. The molecule has 0 aliphatic carbocycles. The van der Waals surface area contributed by atoms with Crippen LogP contribution in [0, 0.1) is 17.1 Å². The summed E-state index contributed by atoms with van der Waals surface area (Å²) in [6, 6.07) is 9.56. The zero-order valence-corrected chi connectivity index (χ0v) is 17.0. The molecule has 1 aliphatic rings. The van der Waals surface area contributed by atoms with Crippen LogP contribution in [-0.4, -0.2) is 39.4 Å². The number of nitrogens with zero attached hydrogens (tertiary/aromatic N) is 4. The van der Waals surface area contributed by atoms with Crippen molar-refractivity contribution in [2.24, 2.45) is 5.73 Å². The Labute approximate surface area is 182 Å². The maximum atomic E-state index is 14.7. The largest absolute Gasteiger partial charge is 0.508 e. The standard InChI is InChI=1S/C22H20FN7O2/c23-15-9-12(31)1-2-13(15)20-14(10-24)18(19-21(26)28-29-22(19)27-20)16-3-4-17(32-16)30-7-5-11(25)6-8-30/h1-4,9,11,31H,5-8,25H2,(H3,26,27,28,29). The first kappa shape index (κ1) is 19.8. The van der Waals surface area contributed by atoms with Crippen molar-refractivity contribution >= 4 is 22.7 Å².